The van der Waals surface area contributed by atoms with Gasteiger partial charge in [0.1, 0.15) is 5.82 Å². The van der Waals surface area contributed by atoms with Gasteiger partial charge in [0.15, 0.2) is 0 Å². The Morgan fingerprint density at radius 3 is 3.11 bits per heavy atom. The zero-order valence-electron chi connectivity index (χ0n) is 11.5. The Balaban J connectivity index is 1.99. The lowest BCUT2D eigenvalue weighted by molar-refractivity contribution is 0.622. The van der Waals surface area contributed by atoms with E-state index >= 15 is 0 Å². The maximum absolute atomic E-state index is 4.63. The SMILES string of the molecule is CNc1ncc(C)c(N2CCc3sccc3C2C)n1. The van der Waals surface area contributed by atoms with Crippen LogP contribution < -0.4 is 10.2 Å². The van der Waals surface area contributed by atoms with Gasteiger partial charge in [0, 0.05) is 30.2 Å². The molecule has 3 rings (SSSR count). The van der Waals surface area contributed by atoms with Gasteiger partial charge in [-0.25, -0.2) is 4.98 Å². The zero-order chi connectivity index (χ0) is 13.4. The fourth-order valence-electron chi connectivity index (χ4n) is 2.64. The molecule has 1 N–H and O–H groups in total. The van der Waals surface area contributed by atoms with Crippen LogP contribution in [0.5, 0.6) is 0 Å². The smallest absolute Gasteiger partial charge is 0.224 e. The van der Waals surface area contributed by atoms with Crippen molar-refractivity contribution in [2.24, 2.45) is 0 Å². The Kier molecular flexibility index (Phi) is 3.14. The van der Waals surface area contributed by atoms with Gasteiger partial charge < -0.3 is 10.2 Å². The number of nitrogens with zero attached hydrogens (tertiary/aromatic N) is 3. The molecule has 19 heavy (non-hydrogen) atoms. The second-order valence-electron chi connectivity index (χ2n) is 4.87. The van der Waals surface area contributed by atoms with E-state index in [1.54, 1.807) is 0 Å². The molecule has 0 saturated carbocycles. The number of thiophene rings is 1. The summed E-state index contributed by atoms with van der Waals surface area (Å²) in [5.41, 5.74) is 2.57. The molecular formula is C14H18N4S. The maximum Gasteiger partial charge on any atom is 0.224 e. The van der Waals surface area contributed by atoms with Crippen molar-refractivity contribution in [1.29, 1.82) is 0 Å². The standard InChI is InChI=1S/C14H18N4S/c1-9-8-16-14(15-3)17-13(9)18-6-4-12-11(10(18)2)5-7-19-12/h5,7-8,10H,4,6H2,1-3H3,(H,15,16,17). The predicted molar refractivity (Wildman–Crippen MR) is 80.1 cm³/mol. The van der Waals surface area contributed by atoms with Crippen molar-refractivity contribution in [3.63, 3.8) is 0 Å². The van der Waals surface area contributed by atoms with E-state index in [1.165, 1.54) is 10.4 Å². The van der Waals surface area contributed by atoms with E-state index in [0.29, 0.717) is 12.0 Å². The van der Waals surface area contributed by atoms with Gasteiger partial charge in [-0.3, -0.25) is 0 Å². The summed E-state index contributed by atoms with van der Waals surface area (Å²) < 4.78 is 0. The first kappa shape index (κ1) is 12.4. The Bertz CT molecular complexity index is 593. The summed E-state index contributed by atoms with van der Waals surface area (Å²) in [7, 11) is 1.85. The topological polar surface area (TPSA) is 41.1 Å². The Morgan fingerprint density at radius 1 is 1.47 bits per heavy atom. The Labute approximate surface area is 117 Å². The van der Waals surface area contributed by atoms with E-state index in [0.717, 1.165) is 24.3 Å². The minimum Gasteiger partial charge on any atom is -0.357 e. The molecule has 0 radical (unpaired) electrons. The maximum atomic E-state index is 4.63. The van der Waals surface area contributed by atoms with Crippen LogP contribution in [0.4, 0.5) is 11.8 Å². The van der Waals surface area contributed by atoms with Gasteiger partial charge in [0.25, 0.3) is 0 Å². The van der Waals surface area contributed by atoms with E-state index in [-0.39, 0.29) is 0 Å². The van der Waals surface area contributed by atoms with E-state index in [1.807, 2.05) is 24.6 Å². The molecule has 100 valence electrons. The second kappa shape index (κ2) is 4.81. The summed E-state index contributed by atoms with van der Waals surface area (Å²) >= 11 is 1.87. The molecule has 2 aromatic rings. The lowest BCUT2D eigenvalue weighted by atomic mass is 10.0. The third-order valence-corrected chi connectivity index (χ3v) is 4.71. The van der Waals surface area contributed by atoms with Crippen molar-refractivity contribution in [3.8, 4) is 0 Å². The first-order chi connectivity index (χ1) is 9.20. The molecule has 0 fully saturated rings. The first-order valence-corrected chi connectivity index (χ1v) is 7.43. The van der Waals surface area contributed by atoms with E-state index in [2.05, 4.69) is 45.5 Å². The summed E-state index contributed by atoms with van der Waals surface area (Å²) in [6.45, 7) is 5.35. The largest absolute Gasteiger partial charge is 0.357 e. The molecule has 1 unspecified atom stereocenters. The molecule has 0 aromatic carbocycles. The summed E-state index contributed by atoms with van der Waals surface area (Å²) in [4.78, 5) is 12.8. The van der Waals surface area contributed by atoms with Gasteiger partial charge in [-0.2, -0.15) is 4.98 Å². The van der Waals surface area contributed by atoms with Crippen LogP contribution in [0.15, 0.2) is 17.6 Å². The van der Waals surface area contributed by atoms with Crippen molar-refractivity contribution in [3.05, 3.63) is 33.6 Å². The van der Waals surface area contributed by atoms with Crippen LogP contribution in [-0.2, 0) is 6.42 Å². The lowest BCUT2D eigenvalue weighted by Gasteiger charge is -2.35. The van der Waals surface area contributed by atoms with Crippen molar-refractivity contribution < 1.29 is 0 Å². The normalized spacial score (nSPS) is 18.3. The molecule has 0 aliphatic carbocycles. The van der Waals surface area contributed by atoms with Crippen LogP contribution in [0.3, 0.4) is 0 Å². The quantitative estimate of drug-likeness (QED) is 0.914. The van der Waals surface area contributed by atoms with Gasteiger partial charge in [0.05, 0.1) is 6.04 Å². The number of anilines is 2. The third kappa shape index (κ3) is 2.08. The highest BCUT2D eigenvalue weighted by atomic mass is 32.1. The minimum absolute atomic E-state index is 0.383. The number of fused-ring (bicyclic) bond motifs is 1. The molecular weight excluding hydrogens is 256 g/mol. The molecule has 0 amide bonds. The average molecular weight is 274 g/mol. The minimum atomic E-state index is 0.383. The fourth-order valence-corrected chi connectivity index (χ4v) is 3.61. The second-order valence-corrected chi connectivity index (χ2v) is 5.87. The molecule has 1 aliphatic rings. The molecule has 1 aliphatic heterocycles. The number of hydrogen-bond acceptors (Lipinski definition) is 5. The molecule has 4 nitrogen and oxygen atoms in total. The van der Waals surface area contributed by atoms with Gasteiger partial charge in [-0.05, 0) is 37.3 Å². The van der Waals surface area contributed by atoms with Crippen LogP contribution in [0, 0.1) is 6.92 Å². The number of aromatic nitrogens is 2. The van der Waals surface area contributed by atoms with Gasteiger partial charge in [-0.1, -0.05) is 0 Å². The number of hydrogen-bond donors (Lipinski definition) is 1. The molecule has 3 heterocycles. The van der Waals surface area contributed by atoms with E-state index in [4.69, 9.17) is 0 Å². The highest BCUT2D eigenvalue weighted by molar-refractivity contribution is 7.10. The van der Waals surface area contributed by atoms with Gasteiger partial charge >= 0.3 is 0 Å². The highest BCUT2D eigenvalue weighted by Crippen LogP contribution is 2.36. The van der Waals surface area contributed by atoms with Gasteiger partial charge in [0.2, 0.25) is 5.95 Å². The Morgan fingerprint density at radius 2 is 2.32 bits per heavy atom. The lowest BCUT2D eigenvalue weighted by Crippen LogP contribution is -2.34. The summed E-state index contributed by atoms with van der Waals surface area (Å²) in [6.07, 6.45) is 3.00. The van der Waals surface area contributed by atoms with E-state index in [9.17, 15) is 0 Å². The summed E-state index contributed by atoms with van der Waals surface area (Å²) in [5, 5.41) is 5.21. The molecule has 2 aromatic heterocycles. The number of nitrogens with one attached hydrogen (secondary N) is 1. The number of aryl methyl sites for hydroxylation is 1. The summed E-state index contributed by atoms with van der Waals surface area (Å²) in [6, 6.07) is 2.63. The van der Waals surface area contributed by atoms with Crippen LogP contribution in [0.2, 0.25) is 0 Å². The molecule has 0 saturated heterocycles. The van der Waals surface area contributed by atoms with Crippen LogP contribution in [0.25, 0.3) is 0 Å². The van der Waals surface area contributed by atoms with E-state index < -0.39 is 0 Å². The van der Waals surface area contributed by atoms with Crippen LogP contribution >= 0.6 is 11.3 Å². The number of rotatable bonds is 2. The van der Waals surface area contributed by atoms with Crippen molar-refractivity contribution in [2.75, 3.05) is 23.8 Å². The zero-order valence-corrected chi connectivity index (χ0v) is 12.3. The molecule has 0 bridgehead atoms. The highest BCUT2D eigenvalue weighted by Gasteiger charge is 2.26. The van der Waals surface area contributed by atoms with Gasteiger partial charge in [-0.15, -0.1) is 11.3 Å². The first-order valence-electron chi connectivity index (χ1n) is 6.55. The van der Waals surface area contributed by atoms with Crippen LogP contribution in [-0.4, -0.2) is 23.6 Å². The Hall–Kier alpha value is -1.62. The fraction of sp³-hybridized carbons (Fsp3) is 0.429. The summed E-state index contributed by atoms with van der Waals surface area (Å²) in [5.74, 6) is 1.73. The average Bonchev–Trinajstić information content (AvgIpc) is 2.90. The predicted octanol–water partition coefficient (Wildman–Crippen LogP) is 3.01. The molecule has 1 atom stereocenters. The molecule has 5 heteroatoms. The van der Waals surface area contributed by atoms with Crippen molar-refractivity contribution in [2.45, 2.75) is 26.3 Å². The van der Waals surface area contributed by atoms with Crippen molar-refractivity contribution in [1.82, 2.24) is 9.97 Å². The van der Waals surface area contributed by atoms with Crippen molar-refractivity contribution >= 4 is 23.1 Å². The third-order valence-electron chi connectivity index (χ3n) is 3.72. The van der Waals surface area contributed by atoms with Crippen LogP contribution in [0.1, 0.15) is 29.0 Å². The monoisotopic (exact) mass is 274 g/mol. The molecule has 0 spiro atoms.